The van der Waals surface area contributed by atoms with E-state index >= 15 is 0 Å². The number of benzene rings is 1. The fourth-order valence-corrected chi connectivity index (χ4v) is 1.03. The van der Waals surface area contributed by atoms with Crippen molar-refractivity contribution in [1.29, 1.82) is 0 Å². The molecule has 2 rings (SSSR count). The van der Waals surface area contributed by atoms with Gasteiger partial charge in [-0.1, -0.05) is 13.8 Å². The van der Waals surface area contributed by atoms with Crippen LogP contribution in [0.4, 0.5) is 4.39 Å². The Hall–Kier alpha value is -1.64. The Morgan fingerprint density at radius 3 is 2.29 bits per heavy atom. The van der Waals surface area contributed by atoms with Gasteiger partial charge in [0.05, 0.1) is 0 Å². The van der Waals surface area contributed by atoms with Crippen molar-refractivity contribution in [2.75, 3.05) is 0 Å². The average molecular weight is 192 g/mol. The van der Waals surface area contributed by atoms with Crippen LogP contribution in [0.1, 0.15) is 13.8 Å². The van der Waals surface area contributed by atoms with Crippen molar-refractivity contribution >= 4 is 0 Å². The number of nitrogens with zero attached hydrogens (tertiary/aromatic N) is 1. The number of imidazole rings is 1. The number of aromatic nitrogens is 2. The van der Waals surface area contributed by atoms with Crippen molar-refractivity contribution in [1.82, 2.24) is 9.97 Å². The summed E-state index contributed by atoms with van der Waals surface area (Å²) in [5.74, 6) is 0.528. The molecule has 0 unspecified atom stereocenters. The summed E-state index contributed by atoms with van der Waals surface area (Å²) < 4.78 is 12.5. The van der Waals surface area contributed by atoms with Gasteiger partial charge < -0.3 is 4.98 Å². The Kier molecular flexibility index (Phi) is 3.85. The van der Waals surface area contributed by atoms with Crippen molar-refractivity contribution in [2.24, 2.45) is 0 Å². The van der Waals surface area contributed by atoms with Crippen LogP contribution in [0.3, 0.4) is 0 Å². The van der Waals surface area contributed by atoms with Crippen molar-refractivity contribution in [3.63, 3.8) is 0 Å². The molecule has 1 aromatic carbocycles. The predicted octanol–water partition coefficient (Wildman–Crippen LogP) is 3.24. The van der Waals surface area contributed by atoms with Gasteiger partial charge in [-0.15, -0.1) is 0 Å². The van der Waals surface area contributed by atoms with E-state index in [0.717, 1.165) is 11.4 Å². The quantitative estimate of drug-likeness (QED) is 0.738. The van der Waals surface area contributed by atoms with E-state index < -0.39 is 0 Å². The molecule has 0 aliphatic rings. The number of hydrogen-bond acceptors (Lipinski definition) is 1. The summed E-state index contributed by atoms with van der Waals surface area (Å²) in [6.07, 6.45) is 3.40. The van der Waals surface area contributed by atoms with Gasteiger partial charge >= 0.3 is 0 Å². The SMILES string of the molecule is CC.Fc1ccc(-c2ncc[nH]2)cc1. The lowest BCUT2D eigenvalue weighted by atomic mass is 10.2. The second kappa shape index (κ2) is 5.17. The molecule has 0 radical (unpaired) electrons. The highest BCUT2D eigenvalue weighted by molar-refractivity contribution is 5.54. The highest BCUT2D eigenvalue weighted by Gasteiger charge is 1.97. The van der Waals surface area contributed by atoms with E-state index in [2.05, 4.69) is 9.97 Å². The third kappa shape index (κ3) is 2.42. The molecule has 3 heteroatoms. The highest BCUT2D eigenvalue weighted by Crippen LogP contribution is 2.13. The van der Waals surface area contributed by atoms with E-state index in [0.29, 0.717) is 0 Å². The smallest absolute Gasteiger partial charge is 0.137 e. The first kappa shape index (κ1) is 10.4. The van der Waals surface area contributed by atoms with Crippen LogP contribution in [0.2, 0.25) is 0 Å². The molecular weight excluding hydrogens is 179 g/mol. The number of nitrogens with one attached hydrogen (secondary N) is 1. The van der Waals surface area contributed by atoms with Crippen LogP contribution in [-0.4, -0.2) is 9.97 Å². The van der Waals surface area contributed by atoms with Crippen LogP contribution >= 0.6 is 0 Å². The van der Waals surface area contributed by atoms with Crippen LogP contribution in [-0.2, 0) is 0 Å². The monoisotopic (exact) mass is 192 g/mol. The summed E-state index contributed by atoms with van der Waals surface area (Å²) in [6, 6.07) is 6.21. The summed E-state index contributed by atoms with van der Waals surface area (Å²) in [7, 11) is 0. The third-order valence-corrected chi connectivity index (χ3v) is 1.62. The minimum Gasteiger partial charge on any atom is -0.345 e. The van der Waals surface area contributed by atoms with E-state index in [1.54, 1.807) is 24.5 Å². The van der Waals surface area contributed by atoms with Crippen LogP contribution in [0, 0.1) is 5.82 Å². The number of rotatable bonds is 1. The second-order valence-electron chi connectivity index (χ2n) is 2.44. The van der Waals surface area contributed by atoms with E-state index in [1.165, 1.54) is 12.1 Å². The van der Waals surface area contributed by atoms with Crippen molar-refractivity contribution < 1.29 is 4.39 Å². The van der Waals surface area contributed by atoms with Crippen molar-refractivity contribution in [3.8, 4) is 11.4 Å². The fourth-order valence-electron chi connectivity index (χ4n) is 1.03. The number of halogens is 1. The first-order valence-electron chi connectivity index (χ1n) is 4.61. The highest BCUT2D eigenvalue weighted by atomic mass is 19.1. The first-order chi connectivity index (χ1) is 6.86. The van der Waals surface area contributed by atoms with E-state index in [-0.39, 0.29) is 5.82 Å². The van der Waals surface area contributed by atoms with E-state index in [1.807, 2.05) is 13.8 Å². The minimum absolute atomic E-state index is 0.231. The second-order valence-corrected chi connectivity index (χ2v) is 2.44. The molecule has 1 heterocycles. The number of hydrogen-bond donors (Lipinski definition) is 1. The molecule has 0 aliphatic heterocycles. The molecule has 14 heavy (non-hydrogen) atoms. The maximum Gasteiger partial charge on any atom is 0.137 e. The fraction of sp³-hybridized carbons (Fsp3) is 0.182. The molecule has 0 saturated heterocycles. The maximum absolute atomic E-state index is 12.5. The van der Waals surface area contributed by atoms with Gasteiger partial charge in [-0.25, -0.2) is 9.37 Å². The van der Waals surface area contributed by atoms with Crippen molar-refractivity contribution in [2.45, 2.75) is 13.8 Å². The molecule has 0 fully saturated rings. The summed E-state index contributed by atoms with van der Waals surface area (Å²) in [4.78, 5) is 6.98. The van der Waals surface area contributed by atoms with Gasteiger partial charge in [0, 0.05) is 18.0 Å². The normalized spacial score (nSPS) is 9.07. The van der Waals surface area contributed by atoms with Crippen molar-refractivity contribution in [3.05, 3.63) is 42.5 Å². The van der Waals surface area contributed by atoms with Gasteiger partial charge in [0.15, 0.2) is 0 Å². The Balaban J connectivity index is 0.000000461. The predicted molar refractivity (Wildman–Crippen MR) is 55.3 cm³/mol. The lowest BCUT2D eigenvalue weighted by Crippen LogP contribution is -1.80. The van der Waals surface area contributed by atoms with Crippen LogP contribution in [0.5, 0.6) is 0 Å². The zero-order valence-corrected chi connectivity index (χ0v) is 8.29. The summed E-state index contributed by atoms with van der Waals surface area (Å²) in [5, 5.41) is 0. The molecule has 0 atom stereocenters. The molecule has 74 valence electrons. The largest absolute Gasteiger partial charge is 0.345 e. The number of H-pyrrole nitrogens is 1. The summed E-state index contributed by atoms with van der Waals surface area (Å²) in [6.45, 7) is 4.00. The maximum atomic E-state index is 12.5. The van der Waals surface area contributed by atoms with Crippen LogP contribution < -0.4 is 0 Å². The van der Waals surface area contributed by atoms with Gasteiger partial charge in [-0.3, -0.25) is 0 Å². The third-order valence-electron chi connectivity index (χ3n) is 1.62. The first-order valence-corrected chi connectivity index (χ1v) is 4.61. The molecule has 1 aromatic heterocycles. The number of aromatic amines is 1. The van der Waals surface area contributed by atoms with Gasteiger partial charge in [-0.05, 0) is 24.3 Å². The van der Waals surface area contributed by atoms with Gasteiger partial charge in [0.1, 0.15) is 11.6 Å². The van der Waals surface area contributed by atoms with E-state index in [4.69, 9.17) is 0 Å². The molecule has 2 nitrogen and oxygen atoms in total. The molecule has 2 aromatic rings. The molecule has 0 aliphatic carbocycles. The molecule has 0 saturated carbocycles. The zero-order chi connectivity index (χ0) is 10.4. The Morgan fingerprint density at radius 1 is 1.14 bits per heavy atom. The van der Waals surface area contributed by atoms with Crippen LogP contribution in [0.15, 0.2) is 36.7 Å². The molecule has 0 amide bonds. The van der Waals surface area contributed by atoms with Gasteiger partial charge in [0.2, 0.25) is 0 Å². The average Bonchev–Trinajstić information content (AvgIpc) is 2.75. The lowest BCUT2D eigenvalue weighted by molar-refractivity contribution is 0.628. The lowest BCUT2D eigenvalue weighted by Gasteiger charge is -1.94. The van der Waals surface area contributed by atoms with Gasteiger partial charge in [0.25, 0.3) is 0 Å². The molecule has 1 N–H and O–H groups in total. The zero-order valence-electron chi connectivity index (χ0n) is 8.29. The van der Waals surface area contributed by atoms with Crippen LogP contribution in [0.25, 0.3) is 11.4 Å². The minimum atomic E-state index is -0.231. The Labute approximate surface area is 82.8 Å². The topological polar surface area (TPSA) is 28.7 Å². The standard InChI is InChI=1S/C9H7FN2.C2H6/c10-8-3-1-7(2-4-8)9-11-5-6-12-9;1-2/h1-6H,(H,11,12);1-2H3. The molecule has 0 spiro atoms. The Bertz CT molecular complexity index is 351. The summed E-state index contributed by atoms with van der Waals surface area (Å²) in [5.41, 5.74) is 0.890. The molecular formula is C11H13FN2. The van der Waals surface area contributed by atoms with Gasteiger partial charge in [-0.2, -0.15) is 0 Å². The summed E-state index contributed by atoms with van der Waals surface area (Å²) >= 11 is 0. The Morgan fingerprint density at radius 2 is 1.79 bits per heavy atom. The molecule has 0 bridgehead atoms. The van der Waals surface area contributed by atoms with E-state index in [9.17, 15) is 4.39 Å².